The van der Waals surface area contributed by atoms with Gasteiger partial charge in [0.05, 0.1) is 17.0 Å². The maximum Gasteiger partial charge on any atom is 0.130 e. The molecule has 5 nitrogen and oxygen atoms in total. The molecule has 0 bridgehead atoms. The summed E-state index contributed by atoms with van der Waals surface area (Å²) in [7, 11) is 1.91. The van der Waals surface area contributed by atoms with Gasteiger partial charge in [-0.05, 0) is 42.3 Å². The normalized spacial score (nSPS) is 18.9. The van der Waals surface area contributed by atoms with Crippen molar-refractivity contribution < 1.29 is 0 Å². The van der Waals surface area contributed by atoms with Crippen molar-refractivity contribution in [2.45, 2.75) is 18.2 Å². The molecule has 3 heterocycles. The maximum atomic E-state index is 9.53. The zero-order valence-corrected chi connectivity index (χ0v) is 17.4. The van der Waals surface area contributed by atoms with Gasteiger partial charge >= 0.3 is 0 Å². The monoisotopic (exact) mass is 439 g/mol. The molecule has 1 aliphatic heterocycles. The number of halogens is 1. The van der Waals surface area contributed by atoms with Crippen molar-refractivity contribution in [3.05, 3.63) is 63.8 Å². The quantitative estimate of drug-likeness (QED) is 0.626. The number of nitrogens with one attached hydrogen (secondary N) is 1. The van der Waals surface area contributed by atoms with Crippen molar-refractivity contribution in [3.63, 3.8) is 0 Å². The lowest BCUT2D eigenvalue weighted by Gasteiger charge is -2.18. The molecule has 0 aliphatic carbocycles. The van der Waals surface area contributed by atoms with Gasteiger partial charge in [-0.25, -0.2) is 0 Å². The number of fused-ring (bicyclic) bond motifs is 1. The Labute approximate surface area is 170 Å². The van der Waals surface area contributed by atoms with Crippen molar-refractivity contribution >= 4 is 33.5 Å². The average Bonchev–Trinajstić information content (AvgIpc) is 2.86. The average molecular weight is 440 g/mol. The van der Waals surface area contributed by atoms with Crippen LogP contribution in [0.15, 0.2) is 47.1 Å². The van der Waals surface area contributed by atoms with Gasteiger partial charge < -0.3 is 5.32 Å². The number of hydrogen-bond acceptors (Lipinski definition) is 5. The van der Waals surface area contributed by atoms with Gasteiger partial charge in [-0.2, -0.15) is 10.4 Å². The Morgan fingerprint density at radius 1 is 1.33 bits per heavy atom. The molecule has 0 saturated carbocycles. The van der Waals surface area contributed by atoms with Crippen LogP contribution in [-0.4, -0.2) is 26.6 Å². The molecule has 1 aliphatic rings. The molecule has 27 heavy (non-hydrogen) atoms. The minimum absolute atomic E-state index is 0.0738. The van der Waals surface area contributed by atoms with Crippen LogP contribution in [0.4, 0.5) is 5.82 Å². The van der Waals surface area contributed by atoms with Crippen LogP contribution >= 0.6 is 27.7 Å². The number of aryl methyl sites for hydroxylation is 2. The fourth-order valence-corrected chi connectivity index (χ4v) is 5.23. The Hall–Kier alpha value is -2.30. The van der Waals surface area contributed by atoms with Gasteiger partial charge in [-0.1, -0.05) is 28.1 Å². The molecule has 0 fully saturated rings. The summed E-state index contributed by atoms with van der Waals surface area (Å²) in [5, 5.41) is 17.7. The van der Waals surface area contributed by atoms with E-state index in [0.29, 0.717) is 5.75 Å². The first-order valence-corrected chi connectivity index (χ1v) is 10.4. The van der Waals surface area contributed by atoms with E-state index in [1.54, 1.807) is 18.0 Å². The van der Waals surface area contributed by atoms with Crippen LogP contribution in [0, 0.1) is 18.3 Å². The van der Waals surface area contributed by atoms with Crippen LogP contribution in [0.3, 0.4) is 0 Å². The number of nitrogens with zero attached hydrogens (tertiary/aromatic N) is 4. The van der Waals surface area contributed by atoms with Gasteiger partial charge in [0, 0.05) is 29.0 Å². The van der Waals surface area contributed by atoms with E-state index in [0.717, 1.165) is 27.2 Å². The topological polar surface area (TPSA) is 66.5 Å². The smallest absolute Gasteiger partial charge is 0.130 e. The minimum atomic E-state index is -0.263. The Balaban J connectivity index is 1.94. The van der Waals surface area contributed by atoms with Crippen LogP contribution in [-0.2, 0) is 7.05 Å². The summed E-state index contributed by atoms with van der Waals surface area (Å²) < 4.78 is 2.89. The third-order valence-electron chi connectivity index (χ3n) is 4.66. The second-order valence-corrected chi connectivity index (χ2v) is 8.54. The predicted molar refractivity (Wildman–Crippen MR) is 113 cm³/mol. The molecule has 1 aromatic carbocycles. The molecule has 2 atom stereocenters. The fourth-order valence-electron chi connectivity index (χ4n) is 3.38. The highest BCUT2D eigenvalue weighted by Gasteiger charge is 2.32. The summed E-state index contributed by atoms with van der Waals surface area (Å²) >= 11 is 5.33. The Morgan fingerprint density at radius 2 is 2.19 bits per heavy atom. The Bertz CT molecular complexity index is 1020. The lowest BCUT2D eigenvalue weighted by atomic mass is 9.98. The first kappa shape index (κ1) is 18.1. The third kappa shape index (κ3) is 3.35. The molecule has 136 valence electrons. The molecular weight excluding hydrogens is 422 g/mol. The Morgan fingerprint density at radius 3 is 2.89 bits per heavy atom. The third-order valence-corrected chi connectivity index (χ3v) is 6.51. The zero-order valence-electron chi connectivity index (χ0n) is 15.0. The summed E-state index contributed by atoms with van der Waals surface area (Å²) in [4.78, 5) is 4.52. The number of anilines is 1. The molecule has 0 amide bonds. The van der Waals surface area contributed by atoms with E-state index in [1.165, 1.54) is 11.1 Å². The number of nitriles is 1. The Kier molecular flexibility index (Phi) is 4.94. The number of thioether (sulfide) groups is 1. The lowest BCUT2D eigenvalue weighted by Crippen LogP contribution is -2.20. The zero-order chi connectivity index (χ0) is 19.0. The van der Waals surface area contributed by atoms with Gasteiger partial charge in [0.2, 0.25) is 0 Å². The van der Waals surface area contributed by atoms with Gasteiger partial charge in [0.1, 0.15) is 17.6 Å². The van der Waals surface area contributed by atoms with E-state index < -0.39 is 0 Å². The van der Waals surface area contributed by atoms with Crippen molar-refractivity contribution in [2.75, 3.05) is 11.1 Å². The second-order valence-electron chi connectivity index (χ2n) is 6.49. The summed E-state index contributed by atoms with van der Waals surface area (Å²) in [6, 6.07) is 14.3. The van der Waals surface area contributed by atoms with Crippen LogP contribution in [0.2, 0.25) is 0 Å². The SMILES string of the molecule is Cc1cc(Br)ccc1C1SCC(C#N)Nc2c1c(-c1ccccn1)nn2C. The van der Waals surface area contributed by atoms with Crippen molar-refractivity contribution in [1.29, 1.82) is 5.26 Å². The molecule has 2 aromatic heterocycles. The standard InChI is InChI=1S/C20H18BrN5S/c1-12-9-13(21)6-7-15(12)19-17-18(16-5-3-4-8-23-16)25-26(2)20(17)24-14(10-22)11-27-19/h3-9,14,19,24H,11H2,1-2H3. The van der Waals surface area contributed by atoms with Gasteiger partial charge in [0.15, 0.2) is 0 Å². The molecule has 0 spiro atoms. The van der Waals surface area contributed by atoms with E-state index in [4.69, 9.17) is 5.10 Å². The maximum absolute atomic E-state index is 9.53. The lowest BCUT2D eigenvalue weighted by molar-refractivity contribution is 0.766. The summed E-state index contributed by atoms with van der Waals surface area (Å²) in [6.45, 7) is 2.12. The predicted octanol–water partition coefficient (Wildman–Crippen LogP) is 4.69. The van der Waals surface area contributed by atoms with Crippen LogP contribution < -0.4 is 5.32 Å². The highest BCUT2D eigenvalue weighted by molar-refractivity contribution is 9.10. The minimum Gasteiger partial charge on any atom is -0.354 e. The number of rotatable bonds is 2. The van der Waals surface area contributed by atoms with E-state index in [1.807, 2.05) is 29.9 Å². The van der Waals surface area contributed by atoms with E-state index in [2.05, 4.69) is 57.4 Å². The van der Waals surface area contributed by atoms with Crippen LogP contribution in [0.5, 0.6) is 0 Å². The van der Waals surface area contributed by atoms with Crippen molar-refractivity contribution in [3.8, 4) is 17.5 Å². The molecule has 4 rings (SSSR count). The summed E-state index contributed by atoms with van der Waals surface area (Å²) in [6.07, 6.45) is 1.78. The van der Waals surface area contributed by atoms with Crippen molar-refractivity contribution in [1.82, 2.24) is 14.8 Å². The summed E-state index contributed by atoms with van der Waals surface area (Å²) in [5.41, 5.74) is 5.23. The number of pyridine rings is 1. The molecule has 7 heteroatoms. The number of aromatic nitrogens is 3. The van der Waals surface area contributed by atoms with E-state index in [-0.39, 0.29) is 11.3 Å². The number of hydrogen-bond donors (Lipinski definition) is 1. The first-order valence-electron chi connectivity index (χ1n) is 8.60. The van der Waals surface area contributed by atoms with Crippen molar-refractivity contribution in [2.24, 2.45) is 7.05 Å². The summed E-state index contributed by atoms with van der Waals surface area (Å²) in [5.74, 6) is 1.59. The largest absolute Gasteiger partial charge is 0.354 e. The molecule has 2 unspecified atom stereocenters. The number of benzene rings is 1. The van der Waals surface area contributed by atoms with Gasteiger partial charge in [-0.15, -0.1) is 11.8 Å². The first-order chi connectivity index (χ1) is 13.1. The molecule has 0 radical (unpaired) electrons. The fraction of sp³-hybridized carbons (Fsp3) is 0.250. The molecule has 3 aromatic rings. The highest BCUT2D eigenvalue weighted by Crippen LogP contribution is 2.47. The molecule has 1 N–H and O–H groups in total. The van der Waals surface area contributed by atoms with Crippen LogP contribution in [0.1, 0.15) is 21.9 Å². The van der Waals surface area contributed by atoms with E-state index in [9.17, 15) is 5.26 Å². The van der Waals surface area contributed by atoms with Crippen LogP contribution in [0.25, 0.3) is 11.4 Å². The molecule has 0 saturated heterocycles. The molecular formula is C20H18BrN5S. The second kappa shape index (κ2) is 7.37. The van der Waals surface area contributed by atoms with E-state index >= 15 is 0 Å². The van der Waals surface area contributed by atoms with Gasteiger partial charge in [-0.3, -0.25) is 9.67 Å². The van der Waals surface area contributed by atoms with Gasteiger partial charge in [0.25, 0.3) is 0 Å². The highest BCUT2D eigenvalue weighted by atomic mass is 79.9.